The monoisotopic (exact) mass is 296 g/mol. The Hall–Kier alpha value is -2.11. The van der Waals surface area contributed by atoms with Crippen molar-refractivity contribution in [3.8, 4) is 0 Å². The Morgan fingerprint density at radius 3 is 2.33 bits per heavy atom. The predicted octanol–water partition coefficient (Wildman–Crippen LogP) is 2.56. The zero-order valence-electron chi connectivity index (χ0n) is 12.8. The maximum Gasteiger partial charge on any atom is 0.329 e. The molecule has 0 atom stereocenters. The van der Waals surface area contributed by atoms with Gasteiger partial charge in [0.15, 0.2) is 0 Å². The van der Waals surface area contributed by atoms with Gasteiger partial charge in [0.1, 0.15) is 11.4 Å². The quantitative estimate of drug-likeness (QED) is 0.908. The lowest BCUT2D eigenvalue weighted by Gasteiger charge is -2.37. The fourth-order valence-electron chi connectivity index (χ4n) is 2.04. The van der Waals surface area contributed by atoms with Crippen LogP contribution in [0.5, 0.6) is 0 Å². The van der Waals surface area contributed by atoms with Gasteiger partial charge in [0.05, 0.1) is 0 Å². The maximum atomic E-state index is 13.6. The van der Waals surface area contributed by atoms with Crippen LogP contribution in [-0.4, -0.2) is 46.0 Å². The number of hydrogen-bond acceptors (Lipinski definition) is 2. The van der Waals surface area contributed by atoms with Crippen LogP contribution in [-0.2, 0) is 11.3 Å². The van der Waals surface area contributed by atoms with E-state index in [1.165, 1.54) is 36.8 Å². The first kappa shape index (κ1) is 16.9. The van der Waals surface area contributed by atoms with Crippen LogP contribution in [0, 0.1) is 5.82 Å². The number of amides is 2. The Bertz CT molecular complexity index is 531. The van der Waals surface area contributed by atoms with Gasteiger partial charge in [-0.3, -0.25) is 0 Å². The van der Waals surface area contributed by atoms with E-state index in [2.05, 4.69) is 0 Å². The van der Waals surface area contributed by atoms with E-state index in [1.54, 1.807) is 25.1 Å². The summed E-state index contributed by atoms with van der Waals surface area (Å²) in [5, 5.41) is 9.23. The first-order valence-corrected chi connectivity index (χ1v) is 6.71. The van der Waals surface area contributed by atoms with Crippen molar-refractivity contribution in [3.05, 3.63) is 35.6 Å². The van der Waals surface area contributed by atoms with Gasteiger partial charge in [-0.2, -0.15) is 0 Å². The summed E-state index contributed by atoms with van der Waals surface area (Å²) in [6.45, 7) is 4.97. The van der Waals surface area contributed by atoms with Crippen molar-refractivity contribution in [1.82, 2.24) is 9.80 Å². The molecule has 0 saturated heterocycles. The molecule has 0 bridgehead atoms. The molecule has 0 aromatic heterocycles. The van der Waals surface area contributed by atoms with Gasteiger partial charge in [0, 0.05) is 25.7 Å². The minimum absolute atomic E-state index is 0.0811. The fourth-order valence-corrected chi connectivity index (χ4v) is 2.04. The first-order chi connectivity index (χ1) is 9.71. The number of rotatable bonds is 5. The van der Waals surface area contributed by atoms with E-state index in [0.717, 1.165) is 0 Å². The van der Waals surface area contributed by atoms with Gasteiger partial charge < -0.3 is 14.9 Å². The highest BCUT2D eigenvalue weighted by molar-refractivity contribution is 5.85. The summed E-state index contributed by atoms with van der Waals surface area (Å²) in [5.41, 5.74) is -0.937. The number of carboxylic acid groups (broad SMARTS) is 1. The molecule has 6 heteroatoms. The SMILES string of the molecule is CCN(C(=O)N(C)Cc1ccccc1F)C(C)(C)C(=O)O. The molecule has 2 amide bonds. The van der Waals surface area contributed by atoms with Crippen LogP contribution in [0.15, 0.2) is 24.3 Å². The lowest BCUT2D eigenvalue weighted by atomic mass is 10.0. The van der Waals surface area contributed by atoms with Crippen molar-refractivity contribution in [2.75, 3.05) is 13.6 Å². The Balaban J connectivity index is 2.91. The van der Waals surface area contributed by atoms with Crippen molar-refractivity contribution in [1.29, 1.82) is 0 Å². The summed E-state index contributed by atoms with van der Waals surface area (Å²) in [4.78, 5) is 26.3. The second-order valence-electron chi connectivity index (χ2n) is 5.34. The van der Waals surface area contributed by atoms with E-state index in [1.807, 2.05) is 0 Å². The van der Waals surface area contributed by atoms with Crippen LogP contribution in [0.25, 0.3) is 0 Å². The second kappa shape index (κ2) is 6.56. The van der Waals surface area contributed by atoms with Crippen LogP contribution in [0.1, 0.15) is 26.3 Å². The number of likely N-dealkylation sites (N-methyl/N-ethyl adjacent to an activating group) is 1. The summed E-state index contributed by atoms with van der Waals surface area (Å²) in [6.07, 6.45) is 0. The molecule has 0 aliphatic heterocycles. The smallest absolute Gasteiger partial charge is 0.329 e. The lowest BCUT2D eigenvalue weighted by molar-refractivity contribution is -0.147. The van der Waals surface area contributed by atoms with Gasteiger partial charge in [-0.05, 0) is 26.8 Å². The number of nitrogens with zero attached hydrogens (tertiary/aromatic N) is 2. The van der Waals surface area contributed by atoms with E-state index < -0.39 is 23.4 Å². The topological polar surface area (TPSA) is 60.9 Å². The van der Waals surface area contributed by atoms with Crippen molar-refractivity contribution >= 4 is 12.0 Å². The molecule has 1 aromatic rings. The molecule has 0 heterocycles. The Morgan fingerprint density at radius 2 is 1.86 bits per heavy atom. The summed E-state index contributed by atoms with van der Waals surface area (Å²) >= 11 is 0. The van der Waals surface area contributed by atoms with Gasteiger partial charge in [-0.1, -0.05) is 18.2 Å². The molecule has 1 aromatic carbocycles. The van der Waals surface area contributed by atoms with Crippen molar-refractivity contribution in [2.24, 2.45) is 0 Å². The zero-order chi connectivity index (χ0) is 16.2. The number of benzene rings is 1. The van der Waals surface area contributed by atoms with E-state index in [0.29, 0.717) is 5.56 Å². The molecule has 0 spiro atoms. The van der Waals surface area contributed by atoms with Crippen LogP contribution in [0.3, 0.4) is 0 Å². The average molecular weight is 296 g/mol. The summed E-state index contributed by atoms with van der Waals surface area (Å²) < 4.78 is 13.6. The van der Waals surface area contributed by atoms with Gasteiger partial charge in [0.25, 0.3) is 0 Å². The summed E-state index contributed by atoms with van der Waals surface area (Å²) in [7, 11) is 1.52. The average Bonchev–Trinajstić information content (AvgIpc) is 2.41. The molecule has 0 saturated carbocycles. The molecule has 0 aliphatic rings. The number of urea groups is 1. The third-order valence-corrected chi connectivity index (χ3v) is 3.44. The Labute approximate surface area is 124 Å². The highest BCUT2D eigenvalue weighted by atomic mass is 19.1. The Kier molecular flexibility index (Phi) is 5.29. The minimum atomic E-state index is -1.32. The van der Waals surface area contributed by atoms with E-state index >= 15 is 0 Å². The van der Waals surface area contributed by atoms with Crippen LogP contribution >= 0.6 is 0 Å². The number of carbonyl (C=O) groups excluding carboxylic acids is 1. The molecule has 116 valence electrons. The Morgan fingerprint density at radius 1 is 1.29 bits per heavy atom. The summed E-state index contributed by atoms with van der Waals surface area (Å²) in [6, 6.07) is 5.74. The largest absolute Gasteiger partial charge is 0.480 e. The maximum absolute atomic E-state index is 13.6. The number of carboxylic acids is 1. The van der Waals surface area contributed by atoms with E-state index in [9.17, 15) is 19.1 Å². The highest BCUT2D eigenvalue weighted by Crippen LogP contribution is 2.18. The molecule has 0 radical (unpaired) electrons. The number of carbonyl (C=O) groups is 2. The molecular weight excluding hydrogens is 275 g/mol. The third kappa shape index (κ3) is 3.71. The molecule has 0 unspecified atom stereocenters. The first-order valence-electron chi connectivity index (χ1n) is 6.71. The standard InChI is InChI=1S/C15H21FN2O3/c1-5-18(15(2,3)13(19)20)14(21)17(4)10-11-8-6-7-9-12(11)16/h6-9H,5,10H2,1-4H3,(H,19,20). The third-order valence-electron chi connectivity index (χ3n) is 3.44. The molecule has 1 rings (SSSR count). The predicted molar refractivity (Wildman–Crippen MR) is 77.4 cm³/mol. The number of halogens is 1. The van der Waals surface area contributed by atoms with Crippen molar-refractivity contribution in [3.63, 3.8) is 0 Å². The zero-order valence-corrected chi connectivity index (χ0v) is 12.8. The van der Waals surface area contributed by atoms with Gasteiger partial charge in [0.2, 0.25) is 0 Å². The molecule has 0 fully saturated rings. The van der Waals surface area contributed by atoms with Crippen LogP contribution in [0.2, 0.25) is 0 Å². The molecule has 21 heavy (non-hydrogen) atoms. The van der Waals surface area contributed by atoms with Crippen molar-refractivity contribution in [2.45, 2.75) is 32.9 Å². The lowest BCUT2D eigenvalue weighted by Crippen LogP contribution is -2.56. The molecule has 0 aliphatic carbocycles. The minimum Gasteiger partial charge on any atom is -0.480 e. The van der Waals surface area contributed by atoms with Crippen molar-refractivity contribution < 1.29 is 19.1 Å². The second-order valence-corrected chi connectivity index (χ2v) is 5.34. The molecule has 5 nitrogen and oxygen atoms in total. The van der Waals surface area contributed by atoms with E-state index in [4.69, 9.17) is 0 Å². The van der Waals surface area contributed by atoms with Gasteiger partial charge >= 0.3 is 12.0 Å². The summed E-state index contributed by atoms with van der Waals surface area (Å²) in [5.74, 6) is -1.48. The fraction of sp³-hybridized carbons (Fsp3) is 0.467. The van der Waals surface area contributed by atoms with E-state index in [-0.39, 0.29) is 13.1 Å². The number of aliphatic carboxylic acids is 1. The molecular formula is C15H21FN2O3. The van der Waals surface area contributed by atoms with Gasteiger partial charge in [-0.25, -0.2) is 14.0 Å². The van der Waals surface area contributed by atoms with Gasteiger partial charge in [-0.15, -0.1) is 0 Å². The highest BCUT2D eigenvalue weighted by Gasteiger charge is 2.38. The van der Waals surface area contributed by atoms with Crippen LogP contribution in [0.4, 0.5) is 9.18 Å². The van der Waals surface area contributed by atoms with Crippen LogP contribution < -0.4 is 0 Å². The molecule has 1 N–H and O–H groups in total. The number of hydrogen-bond donors (Lipinski definition) is 1. The normalized spacial score (nSPS) is 11.1.